The standard InChI is InChI=1S/C21H28ClN3O3/c1-28-20(14-21(26)24-27)18(13-15-7-9-16(22)10-8-15)19-11-12-23-25(19)17-5-3-2-4-6-17/h7-12,17-18,20,27H,2-6,13-14H2,1H3,(H,24,26)/t18-,20-/m1/s1. The van der Waals surface area contributed by atoms with E-state index in [1.54, 1.807) is 12.6 Å². The van der Waals surface area contributed by atoms with Crippen LogP contribution in [0, 0.1) is 0 Å². The molecular weight excluding hydrogens is 378 g/mol. The Labute approximate surface area is 170 Å². The van der Waals surface area contributed by atoms with Gasteiger partial charge in [0.15, 0.2) is 0 Å². The fraction of sp³-hybridized carbons (Fsp3) is 0.524. The highest BCUT2D eigenvalue weighted by Crippen LogP contribution is 2.34. The molecule has 0 spiro atoms. The van der Waals surface area contributed by atoms with Gasteiger partial charge in [-0.1, -0.05) is 43.0 Å². The minimum Gasteiger partial charge on any atom is -0.380 e. The topological polar surface area (TPSA) is 76.4 Å². The molecule has 0 saturated heterocycles. The first-order valence-corrected chi connectivity index (χ1v) is 10.2. The predicted octanol–water partition coefficient (Wildman–Crippen LogP) is 4.28. The van der Waals surface area contributed by atoms with Gasteiger partial charge in [0.2, 0.25) is 5.91 Å². The van der Waals surface area contributed by atoms with E-state index in [4.69, 9.17) is 21.5 Å². The number of aromatic nitrogens is 2. The summed E-state index contributed by atoms with van der Waals surface area (Å²) < 4.78 is 7.84. The zero-order valence-electron chi connectivity index (χ0n) is 16.2. The van der Waals surface area contributed by atoms with Gasteiger partial charge in [-0.3, -0.25) is 14.7 Å². The minimum absolute atomic E-state index is 0.0705. The van der Waals surface area contributed by atoms with Crippen molar-refractivity contribution in [3.05, 3.63) is 52.8 Å². The van der Waals surface area contributed by atoms with E-state index in [-0.39, 0.29) is 18.4 Å². The molecule has 6 nitrogen and oxygen atoms in total. The molecule has 2 atom stereocenters. The Hall–Kier alpha value is -1.89. The lowest BCUT2D eigenvalue weighted by Crippen LogP contribution is -2.32. The van der Waals surface area contributed by atoms with Gasteiger partial charge in [0, 0.05) is 29.9 Å². The number of halogens is 1. The van der Waals surface area contributed by atoms with Crippen molar-refractivity contribution in [1.82, 2.24) is 15.3 Å². The molecule has 2 aromatic rings. The number of hydrogen-bond donors (Lipinski definition) is 2. The van der Waals surface area contributed by atoms with E-state index in [2.05, 4.69) is 9.78 Å². The van der Waals surface area contributed by atoms with Crippen molar-refractivity contribution >= 4 is 17.5 Å². The van der Waals surface area contributed by atoms with Gasteiger partial charge >= 0.3 is 0 Å². The van der Waals surface area contributed by atoms with Gasteiger partial charge in [0.1, 0.15) is 0 Å². The SMILES string of the molecule is CO[C@H](CC(=O)NO)[C@H](Cc1ccc(Cl)cc1)c1ccnn1C1CCCCC1. The zero-order valence-corrected chi connectivity index (χ0v) is 16.9. The molecule has 1 saturated carbocycles. The average Bonchev–Trinajstić information content (AvgIpc) is 3.22. The van der Waals surface area contributed by atoms with Crippen molar-refractivity contribution in [1.29, 1.82) is 0 Å². The summed E-state index contributed by atoms with van der Waals surface area (Å²) in [6.45, 7) is 0. The van der Waals surface area contributed by atoms with Gasteiger partial charge in [-0.15, -0.1) is 0 Å². The molecule has 152 valence electrons. The molecule has 0 aliphatic heterocycles. The largest absolute Gasteiger partial charge is 0.380 e. The molecular formula is C21H28ClN3O3. The monoisotopic (exact) mass is 405 g/mol. The molecule has 7 heteroatoms. The third kappa shape index (κ3) is 5.13. The first-order chi connectivity index (χ1) is 13.6. The first-order valence-electron chi connectivity index (χ1n) is 9.86. The maximum absolute atomic E-state index is 11.9. The summed E-state index contributed by atoms with van der Waals surface area (Å²) in [5.74, 6) is -0.537. The number of nitrogens with one attached hydrogen (secondary N) is 1. The lowest BCUT2D eigenvalue weighted by atomic mass is 9.88. The zero-order chi connectivity index (χ0) is 19.9. The van der Waals surface area contributed by atoms with E-state index in [9.17, 15) is 4.79 Å². The number of rotatable bonds is 8. The van der Waals surface area contributed by atoms with Crippen LogP contribution in [-0.4, -0.2) is 34.1 Å². The Kier molecular flexibility index (Phi) is 7.48. The minimum atomic E-state index is -0.461. The van der Waals surface area contributed by atoms with Crippen LogP contribution in [0.15, 0.2) is 36.5 Å². The van der Waals surface area contributed by atoms with Crippen molar-refractivity contribution < 1.29 is 14.7 Å². The van der Waals surface area contributed by atoms with Gasteiger partial charge in [0.05, 0.1) is 18.6 Å². The Morgan fingerprint density at radius 1 is 1.29 bits per heavy atom. The van der Waals surface area contributed by atoms with Gasteiger partial charge in [-0.2, -0.15) is 5.10 Å². The Balaban J connectivity index is 1.92. The second kappa shape index (κ2) is 10.0. The van der Waals surface area contributed by atoms with E-state index in [1.807, 2.05) is 36.5 Å². The molecule has 0 unspecified atom stereocenters. The molecule has 0 radical (unpaired) electrons. The van der Waals surface area contributed by atoms with Crippen molar-refractivity contribution in [2.45, 2.75) is 63.0 Å². The first kappa shape index (κ1) is 20.8. The molecule has 1 aromatic heterocycles. The van der Waals surface area contributed by atoms with E-state index in [0.717, 1.165) is 24.1 Å². The van der Waals surface area contributed by atoms with E-state index >= 15 is 0 Å². The van der Waals surface area contributed by atoms with E-state index in [0.29, 0.717) is 17.5 Å². The van der Waals surface area contributed by atoms with Crippen LogP contribution in [0.3, 0.4) is 0 Å². The number of methoxy groups -OCH3 is 1. The summed E-state index contributed by atoms with van der Waals surface area (Å²) in [6, 6.07) is 10.1. The van der Waals surface area contributed by atoms with Crippen LogP contribution in [0.2, 0.25) is 5.02 Å². The quantitative estimate of drug-likeness (QED) is 0.507. The van der Waals surface area contributed by atoms with Crippen LogP contribution in [0.5, 0.6) is 0 Å². The third-order valence-corrected chi connectivity index (χ3v) is 5.89. The van der Waals surface area contributed by atoms with Gasteiger partial charge in [-0.05, 0) is 43.0 Å². The van der Waals surface area contributed by atoms with Gasteiger partial charge < -0.3 is 4.74 Å². The number of amides is 1. The number of carbonyl (C=O) groups excluding carboxylic acids is 1. The molecule has 1 amide bonds. The lowest BCUT2D eigenvalue weighted by Gasteiger charge is -2.30. The molecule has 2 N–H and O–H groups in total. The lowest BCUT2D eigenvalue weighted by molar-refractivity contribution is -0.132. The summed E-state index contributed by atoms with van der Waals surface area (Å²) in [6.07, 6.45) is 8.15. The summed E-state index contributed by atoms with van der Waals surface area (Å²) >= 11 is 6.03. The van der Waals surface area contributed by atoms with Gasteiger partial charge in [-0.25, -0.2) is 5.48 Å². The average molecular weight is 406 g/mol. The number of hydrogen-bond acceptors (Lipinski definition) is 4. The van der Waals surface area contributed by atoms with Crippen LogP contribution >= 0.6 is 11.6 Å². The second-order valence-corrected chi connectivity index (χ2v) is 7.88. The summed E-state index contributed by atoms with van der Waals surface area (Å²) in [4.78, 5) is 11.9. The highest BCUT2D eigenvalue weighted by molar-refractivity contribution is 6.30. The van der Waals surface area contributed by atoms with Crippen LogP contribution in [0.1, 0.15) is 61.7 Å². The maximum atomic E-state index is 11.9. The van der Waals surface area contributed by atoms with Crippen molar-refractivity contribution in [3.63, 3.8) is 0 Å². The molecule has 28 heavy (non-hydrogen) atoms. The number of ether oxygens (including phenoxy) is 1. The van der Waals surface area contributed by atoms with Crippen LogP contribution in [-0.2, 0) is 16.0 Å². The molecule has 3 rings (SSSR count). The maximum Gasteiger partial charge on any atom is 0.245 e. The third-order valence-electron chi connectivity index (χ3n) is 5.63. The molecule has 1 fully saturated rings. The van der Waals surface area contributed by atoms with Crippen LogP contribution in [0.4, 0.5) is 0 Å². The summed E-state index contributed by atoms with van der Waals surface area (Å²) in [5, 5.41) is 14.3. The molecule has 1 aliphatic rings. The highest BCUT2D eigenvalue weighted by atomic mass is 35.5. The van der Waals surface area contributed by atoms with E-state index < -0.39 is 5.91 Å². The van der Waals surface area contributed by atoms with Crippen LogP contribution in [0.25, 0.3) is 0 Å². The number of hydroxylamine groups is 1. The Bertz CT molecular complexity index is 757. The molecule has 1 heterocycles. The Morgan fingerprint density at radius 2 is 2.00 bits per heavy atom. The fourth-order valence-electron chi connectivity index (χ4n) is 4.17. The van der Waals surface area contributed by atoms with Crippen molar-refractivity contribution in [3.8, 4) is 0 Å². The van der Waals surface area contributed by atoms with E-state index in [1.165, 1.54) is 19.3 Å². The molecule has 0 bridgehead atoms. The number of benzene rings is 1. The summed E-state index contributed by atoms with van der Waals surface area (Å²) in [7, 11) is 1.60. The molecule has 1 aliphatic carbocycles. The normalized spacial score (nSPS) is 17.2. The van der Waals surface area contributed by atoms with Crippen molar-refractivity contribution in [2.75, 3.05) is 7.11 Å². The Morgan fingerprint density at radius 3 is 2.64 bits per heavy atom. The predicted molar refractivity (Wildman–Crippen MR) is 108 cm³/mol. The fourth-order valence-corrected chi connectivity index (χ4v) is 4.29. The van der Waals surface area contributed by atoms with Crippen molar-refractivity contribution in [2.24, 2.45) is 0 Å². The number of carbonyl (C=O) groups is 1. The smallest absolute Gasteiger partial charge is 0.245 e. The number of nitrogens with zero attached hydrogens (tertiary/aromatic N) is 2. The molecule has 1 aromatic carbocycles. The summed E-state index contributed by atoms with van der Waals surface area (Å²) in [5.41, 5.74) is 3.90. The second-order valence-electron chi connectivity index (χ2n) is 7.44. The van der Waals surface area contributed by atoms with Crippen LogP contribution < -0.4 is 5.48 Å². The van der Waals surface area contributed by atoms with Gasteiger partial charge in [0.25, 0.3) is 0 Å². The highest BCUT2D eigenvalue weighted by Gasteiger charge is 2.30.